The maximum absolute atomic E-state index is 12.6. The van der Waals surface area contributed by atoms with Crippen molar-refractivity contribution in [3.63, 3.8) is 0 Å². The molecule has 0 aromatic carbocycles. The quantitative estimate of drug-likeness (QED) is 0.569. The second-order valence-electron chi connectivity index (χ2n) is 8.81. The zero-order chi connectivity index (χ0) is 20.0. The Labute approximate surface area is 163 Å². The molecule has 4 heterocycles. The van der Waals surface area contributed by atoms with Gasteiger partial charge in [0.05, 0.1) is 7.11 Å². The first-order chi connectivity index (χ1) is 13.2. The molecule has 7 unspecified atom stereocenters. The highest BCUT2D eigenvalue weighted by molar-refractivity contribution is 5.93. The smallest absolute Gasteiger partial charge is 0.342 e. The Morgan fingerprint density at radius 3 is 2.82 bits per heavy atom. The fraction of sp³-hybridized carbons (Fsp3) is 0.619. The molecule has 5 aliphatic rings. The Balaban J connectivity index is 1.71. The molecule has 7 nitrogen and oxygen atoms in total. The lowest BCUT2D eigenvalue weighted by Crippen LogP contribution is -2.43. The van der Waals surface area contributed by atoms with Crippen LogP contribution in [-0.4, -0.2) is 47.8 Å². The van der Waals surface area contributed by atoms with Crippen LogP contribution in [-0.2, 0) is 28.5 Å². The number of carbonyl (C=O) groups excluding carboxylic acids is 2. The molecule has 7 atom stereocenters. The van der Waals surface area contributed by atoms with Gasteiger partial charge in [-0.05, 0) is 26.2 Å². The van der Waals surface area contributed by atoms with Gasteiger partial charge in [-0.15, -0.1) is 0 Å². The molecule has 28 heavy (non-hydrogen) atoms. The van der Waals surface area contributed by atoms with Crippen LogP contribution in [0.5, 0.6) is 0 Å². The van der Waals surface area contributed by atoms with Gasteiger partial charge in [-0.25, -0.2) is 9.59 Å². The maximum Gasteiger partial charge on any atom is 0.342 e. The van der Waals surface area contributed by atoms with Gasteiger partial charge in [-0.1, -0.05) is 18.2 Å². The Bertz CT molecular complexity index is 870. The predicted octanol–water partition coefficient (Wildman–Crippen LogP) is 1.76. The van der Waals surface area contributed by atoms with Crippen LogP contribution < -0.4 is 0 Å². The average molecular weight is 388 g/mol. The second kappa shape index (κ2) is 5.48. The van der Waals surface area contributed by atoms with Crippen LogP contribution in [0, 0.1) is 17.8 Å². The minimum Gasteiger partial charge on any atom is -0.488 e. The fourth-order valence-corrected chi connectivity index (χ4v) is 5.79. The molecule has 3 fully saturated rings. The van der Waals surface area contributed by atoms with Crippen LogP contribution >= 0.6 is 0 Å². The summed E-state index contributed by atoms with van der Waals surface area (Å²) in [7, 11) is 1.27. The van der Waals surface area contributed by atoms with Gasteiger partial charge in [-0.2, -0.15) is 0 Å². The third kappa shape index (κ3) is 2.12. The van der Waals surface area contributed by atoms with Crippen LogP contribution in [0.3, 0.4) is 0 Å². The largest absolute Gasteiger partial charge is 0.488 e. The molecule has 0 aromatic heterocycles. The summed E-state index contributed by atoms with van der Waals surface area (Å²) in [5, 5.41) is 11.4. The van der Waals surface area contributed by atoms with Crippen molar-refractivity contribution in [3.8, 4) is 0 Å². The fourth-order valence-electron chi connectivity index (χ4n) is 5.79. The molecule has 7 heteroatoms. The third-order valence-corrected chi connectivity index (χ3v) is 7.07. The average Bonchev–Trinajstić information content (AvgIpc) is 3.22. The number of carbonyl (C=O) groups is 2. The van der Waals surface area contributed by atoms with Gasteiger partial charge in [0.2, 0.25) is 5.79 Å². The second-order valence-corrected chi connectivity index (χ2v) is 8.81. The summed E-state index contributed by atoms with van der Waals surface area (Å²) in [6.07, 6.45) is 2.17. The number of aliphatic hydroxyl groups is 1. The van der Waals surface area contributed by atoms with Crippen molar-refractivity contribution in [2.24, 2.45) is 17.8 Å². The van der Waals surface area contributed by atoms with E-state index in [1.54, 1.807) is 0 Å². The monoisotopic (exact) mass is 388 g/mol. The van der Waals surface area contributed by atoms with Crippen LogP contribution in [0.25, 0.3) is 0 Å². The number of methoxy groups -OCH3 is 1. The molecular weight excluding hydrogens is 364 g/mol. The molecule has 2 saturated heterocycles. The van der Waals surface area contributed by atoms with Crippen molar-refractivity contribution >= 4 is 11.9 Å². The molecule has 1 aliphatic carbocycles. The number of rotatable bonds is 2. The van der Waals surface area contributed by atoms with E-state index < -0.39 is 23.5 Å². The van der Waals surface area contributed by atoms with Gasteiger partial charge < -0.3 is 24.1 Å². The lowest BCUT2D eigenvalue weighted by molar-refractivity contribution is -0.203. The highest BCUT2D eigenvalue weighted by Crippen LogP contribution is 2.62. The molecule has 0 aromatic rings. The Morgan fingerprint density at radius 1 is 1.39 bits per heavy atom. The van der Waals surface area contributed by atoms with E-state index in [-0.39, 0.29) is 41.8 Å². The number of allylic oxidation sites excluding steroid dienone is 2. The first kappa shape index (κ1) is 17.9. The zero-order valence-electron chi connectivity index (χ0n) is 16.2. The van der Waals surface area contributed by atoms with Crippen LogP contribution in [0.4, 0.5) is 0 Å². The van der Waals surface area contributed by atoms with Gasteiger partial charge in [0.25, 0.3) is 0 Å². The summed E-state index contributed by atoms with van der Waals surface area (Å²) >= 11 is 0. The minimum atomic E-state index is -1.81. The molecule has 0 radical (unpaired) electrons. The number of hydrogen-bond acceptors (Lipinski definition) is 7. The lowest BCUT2D eigenvalue weighted by Gasteiger charge is -2.34. The first-order valence-electron chi connectivity index (χ1n) is 9.67. The minimum absolute atomic E-state index is 0.0344. The van der Waals surface area contributed by atoms with Gasteiger partial charge >= 0.3 is 11.9 Å². The summed E-state index contributed by atoms with van der Waals surface area (Å²) in [6, 6.07) is 0. The molecule has 1 N–H and O–H groups in total. The summed E-state index contributed by atoms with van der Waals surface area (Å²) in [6.45, 7) is 7.83. The standard InChI is InChI=1S/C21H24O7/c1-9(2)10-5-6-11-13-12(26-18(11)22)8-20(3)14(13)16-17(27-20)15(19(23)25-4)21(24,7-10)28-16/h6,10,12-14,16,24H,1,5,7-8H2,2-4H3. The van der Waals surface area contributed by atoms with Gasteiger partial charge in [0.15, 0.2) is 0 Å². The van der Waals surface area contributed by atoms with Crippen molar-refractivity contribution in [3.05, 3.63) is 35.1 Å². The molecule has 0 spiro atoms. The lowest BCUT2D eigenvalue weighted by atomic mass is 9.79. The summed E-state index contributed by atoms with van der Waals surface area (Å²) < 4.78 is 23.0. The predicted molar refractivity (Wildman–Crippen MR) is 95.5 cm³/mol. The van der Waals surface area contributed by atoms with Crippen molar-refractivity contribution in [1.29, 1.82) is 0 Å². The molecule has 0 amide bonds. The van der Waals surface area contributed by atoms with Gasteiger partial charge in [0, 0.05) is 30.3 Å². The van der Waals surface area contributed by atoms with E-state index in [9.17, 15) is 14.7 Å². The van der Waals surface area contributed by atoms with Crippen LogP contribution in [0.2, 0.25) is 0 Å². The third-order valence-electron chi connectivity index (χ3n) is 7.07. The van der Waals surface area contributed by atoms with Gasteiger partial charge in [-0.3, -0.25) is 0 Å². The summed E-state index contributed by atoms with van der Waals surface area (Å²) in [4.78, 5) is 25.1. The Hall–Kier alpha value is -2.12. The molecule has 150 valence electrons. The van der Waals surface area contributed by atoms with E-state index in [1.165, 1.54) is 7.11 Å². The van der Waals surface area contributed by atoms with E-state index in [4.69, 9.17) is 18.9 Å². The normalized spacial score (nSPS) is 45.5. The summed E-state index contributed by atoms with van der Waals surface area (Å²) in [5.41, 5.74) is 0.878. The van der Waals surface area contributed by atoms with Crippen molar-refractivity contribution in [2.75, 3.05) is 7.11 Å². The van der Waals surface area contributed by atoms with Crippen molar-refractivity contribution in [2.45, 2.75) is 56.7 Å². The van der Waals surface area contributed by atoms with E-state index in [2.05, 4.69) is 6.58 Å². The molecule has 2 bridgehead atoms. The van der Waals surface area contributed by atoms with Gasteiger partial charge in [0.1, 0.15) is 29.1 Å². The Kier molecular flexibility index (Phi) is 3.51. The molecule has 1 saturated carbocycles. The van der Waals surface area contributed by atoms with E-state index >= 15 is 0 Å². The molecule has 5 rings (SSSR count). The van der Waals surface area contributed by atoms with Crippen LogP contribution in [0.15, 0.2) is 35.1 Å². The molecule has 4 aliphatic heterocycles. The SMILES string of the molecule is C=C(C)C1CC=C2C(=O)OC3CC4(C)OC5=C(C(=O)OC)C(O)(C1)OC5C4C23. The van der Waals surface area contributed by atoms with E-state index in [0.29, 0.717) is 24.2 Å². The van der Waals surface area contributed by atoms with Crippen LogP contribution in [0.1, 0.15) is 33.1 Å². The topological polar surface area (TPSA) is 91.3 Å². The van der Waals surface area contributed by atoms with E-state index in [0.717, 1.165) is 5.57 Å². The highest BCUT2D eigenvalue weighted by Gasteiger charge is 2.71. The number of esters is 2. The number of hydrogen-bond donors (Lipinski definition) is 1. The molecular formula is C21H24O7. The van der Waals surface area contributed by atoms with E-state index in [1.807, 2.05) is 19.9 Å². The highest BCUT2D eigenvalue weighted by atomic mass is 16.7. The summed E-state index contributed by atoms with van der Waals surface area (Å²) in [5.74, 6) is -3.03. The number of fused-ring (bicyclic) bond motifs is 1. The number of ether oxygens (including phenoxy) is 4. The zero-order valence-corrected chi connectivity index (χ0v) is 16.2. The maximum atomic E-state index is 12.6. The first-order valence-corrected chi connectivity index (χ1v) is 9.67. The van der Waals surface area contributed by atoms with Crippen molar-refractivity contribution in [1.82, 2.24) is 0 Å². The Morgan fingerprint density at radius 2 is 2.14 bits per heavy atom. The van der Waals surface area contributed by atoms with Crippen molar-refractivity contribution < 1.29 is 33.6 Å².